The topological polar surface area (TPSA) is 84.6 Å². The Morgan fingerprint density at radius 3 is 2.82 bits per heavy atom. The van der Waals surface area contributed by atoms with Crippen LogP contribution in [0.4, 0.5) is 0 Å². The molecule has 0 atom stereocenters. The molecule has 5 heteroatoms. The molecule has 0 saturated heterocycles. The summed E-state index contributed by atoms with van der Waals surface area (Å²) in [6.45, 7) is 3.99. The van der Waals surface area contributed by atoms with E-state index in [2.05, 4.69) is 10.3 Å². The molecule has 1 heterocycles. The maximum atomic E-state index is 8.55. The first kappa shape index (κ1) is 11.2. The molecule has 2 rings (SSSR count). The van der Waals surface area contributed by atoms with Gasteiger partial charge in [-0.15, -0.1) is 0 Å². The summed E-state index contributed by atoms with van der Waals surface area (Å²) in [5.41, 5.74) is 8.92. The molecular formula is C12H13N3O2. The monoisotopic (exact) mass is 231 g/mol. The SMILES string of the molecule is Cc1ccc(C)c(-c2cc(C(N)=NO)no2)c1. The Bertz CT molecular complexity index is 573. The van der Waals surface area contributed by atoms with Gasteiger partial charge in [0.05, 0.1) is 0 Å². The fraction of sp³-hybridized carbons (Fsp3) is 0.167. The van der Waals surface area contributed by atoms with Crippen LogP contribution in [0.2, 0.25) is 0 Å². The van der Waals surface area contributed by atoms with E-state index in [0.29, 0.717) is 11.5 Å². The quantitative estimate of drug-likeness (QED) is 0.358. The normalized spacial score (nSPS) is 11.8. The fourth-order valence-corrected chi connectivity index (χ4v) is 1.58. The Morgan fingerprint density at radius 2 is 2.12 bits per heavy atom. The molecule has 0 radical (unpaired) electrons. The lowest BCUT2D eigenvalue weighted by Crippen LogP contribution is -2.13. The van der Waals surface area contributed by atoms with Gasteiger partial charge in [-0.1, -0.05) is 28.0 Å². The number of nitrogens with two attached hydrogens (primary N) is 1. The molecule has 0 bridgehead atoms. The van der Waals surface area contributed by atoms with E-state index in [1.807, 2.05) is 32.0 Å². The van der Waals surface area contributed by atoms with Gasteiger partial charge < -0.3 is 15.5 Å². The summed E-state index contributed by atoms with van der Waals surface area (Å²) in [6.07, 6.45) is 0. The molecule has 0 aliphatic carbocycles. The molecule has 0 unspecified atom stereocenters. The maximum Gasteiger partial charge on any atom is 0.192 e. The summed E-state index contributed by atoms with van der Waals surface area (Å²) in [7, 11) is 0. The Morgan fingerprint density at radius 1 is 1.35 bits per heavy atom. The maximum absolute atomic E-state index is 8.55. The van der Waals surface area contributed by atoms with Crippen LogP contribution in [0.25, 0.3) is 11.3 Å². The molecule has 1 aromatic carbocycles. The summed E-state index contributed by atoms with van der Waals surface area (Å²) < 4.78 is 5.19. The highest BCUT2D eigenvalue weighted by molar-refractivity contribution is 5.95. The van der Waals surface area contributed by atoms with Crippen LogP contribution < -0.4 is 5.73 Å². The molecule has 1 aromatic heterocycles. The van der Waals surface area contributed by atoms with Crippen molar-refractivity contribution >= 4 is 5.84 Å². The van der Waals surface area contributed by atoms with Gasteiger partial charge in [-0.3, -0.25) is 0 Å². The molecule has 0 aliphatic heterocycles. The number of oxime groups is 1. The summed E-state index contributed by atoms with van der Waals surface area (Å²) in [5, 5.41) is 15.2. The lowest BCUT2D eigenvalue weighted by atomic mass is 10.0. The lowest BCUT2D eigenvalue weighted by Gasteiger charge is -2.02. The van der Waals surface area contributed by atoms with Crippen molar-refractivity contribution in [3.05, 3.63) is 41.1 Å². The molecular weight excluding hydrogens is 218 g/mol. The predicted octanol–water partition coefficient (Wildman–Crippen LogP) is 2.05. The van der Waals surface area contributed by atoms with Crippen molar-refractivity contribution < 1.29 is 9.73 Å². The molecule has 0 aliphatic rings. The Labute approximate surface area is 98.5 Å². The molecule has 17 heavy (non-hydrogen) atoms. The third kappa shape index (κ3) is 2.13. The van der Waals surface area contributed by atoms with Crippen LogP contribution >= 0.6 is 0 Å². The number of benzene rings is 1. The second kappa shape index (κ2) is 4.29. The number of hydrogen-bond donors (Lipinski definition) is 2. The Hall–Kier alpha value is -2.30. The van der Waals surface area contributed by atoms with E-state index in [1.54, 1.807) is 6.07 Å². The highest BCUT2D eigenvalue weighted by atomic mass is 16.5. The van der Waals surface area contributed by atoms with Gasteiger partial charge in [0.1, 0.15) is 0 Å². The van der Waals surface area contributed by atoms with Crippen molar-refractivity contribution in [1.82, 2.24) is 5.16 Å². The van der Waals surface area contributed by atoms with E-state index in [0.717, 1.165) is 16.7 Å². The van der Waals surface area contributed by atoms with Crippen molar-refractivity contribution in [1.29, 1.82) is 0 Å². The average molecular weight is 231 g/mol. The van der Waals surface area contributed by atoms with Gasteiger partial charge >= 0.3 is 0 Å². The number of nitrogens with zero attached hydrogens (tertiary/aromatic N) is 2. The van der Waals surface area contributed by atoms with E-state index in [9.17, 15) is 0 Å². The van der Waals surface area contributed by atoms with Gasteiger partial charge in [-0.2, -0.15) is 0 Å². The van der Waals surface area contributed by atoms with Gasteiger partial charge in [0.25, 0.3) is 0 Å². The minimum atomic E-state index is -0.0645. The molecule has 3 N–H and O–H groups in total. The van der Waals surface area contributed by atoms with Crippen LogP contribution in [0.5, 0.6) is 0 Å². The molecule has 0 saturated carbocycles. The van der Waals surface area contributed by atoms with Crippen molar-refractivity contribution in [2.75, 3.05) is 0 Å². The Kier molecular flexibility index (Phi) is 2.82. The summed E-state index contributed by atoms with van der Waals surface area (Å²) >= 11 is 0. The highest BCUT2D eigenvalue weighted by Gasteiger charge is 2.11. The molecule has 0 amide bonds. The molecule has 0 fully saturated rings. The first-order valence-corrected chi connectivity index (χ1v) is 5.14. The first-order chi connectivity index (χ1) is 8.11. The zero-order valence-corrected chi connectivity index (χ0v) is 9.64. The van der Waals surface area contributed by atoms with E-state index in [1.165, 1.54) is 0 Å². The van der Waals surface area contributed by atoms with E-state index < -0.39 is 0 Å². The van der Waals surface area contributed by atoms with Crippen molar-refractivity contribution in [3.63, 3.8) is 0 Å². The molecule has 2 aromatic rings. The number of aromatic nitrogens is 1. The number of amidine groups is 1. The second-order valence-corrected chi connectivity index (χ2v) is 3.88. The summed E-state index contributed by atoms with van der Waals surface area (Å²) in [6, 6.07) is 7.69. The van der Waals surface area contributed by atoms with Crippen LogP contribution in [-0.4, -0.2) is 16.2 Å². The third-order valence-electron chi connectivity index (χ3n) is 2.54. The van der Waals surface area contributed by atoms with Crippen LogP contribution in [0, 0.1) is 13.8 Å². The van der Waals surface area contributed by atoms with Gasteiger partial charge in [-0.05, 0) is 25.5 Å². The summed E-state index contributed by atoms with van der Waals surface area (Å²) in [4.78, 5) is 0. The minimum absolute atomic E-state index is 0.0645. The average Bonchev–Trinajstić information content (AvgIpc) is 2.80. The zero-order valence-electron chi connectivity index (χ0n) is 9.64. The van der Waals surface area contributed by atoms with E-state index in [4.69, 9.17) is 15.5 Å². The van der Waals surface area contributed by atoms with Crippen LogP contribution in [0.3, 0.4) is 0 Å². The molecule has 88 valence electrons. The lowest BCUT2D eigenvalue weighted by molar-refractivity contribution is 0.318. The number of hydrogen-bond acceptors (Lipinski definition) is 4. The van der Waals surface area contributed by atoms with Gasteiger partial charge in [0.2, 0.25) is 0 Å². The third-order valence-corrected chi connectivity index (χ3v) is 2.54. The van der Waals surface area contributed by atoms with Gasteiger partial charge in [0, 0.05) is 11.6 Å². The summed E-state index contributed by atoms with van der Waals surface area (Å²) in [5.74, 6) is 0.540. The number of aryl methyl sites for hydroxylation is 2. The predicted molar refractivity (Wildman–Crippen MR) is 63.9 cm³/mol. The van der Waals surface area contributed by atoms with Crippen LogP contribution in [-0.2, 0) is 0 Å². The standard InChI is InChI=1S/C12H13N3O2/c1-7-3-4-8(2)9(5-7)11-6-10(15-17-11)12(13)14-16/h3-6,16H,1-2H3,(H2,13,14). The highest BCUT2D eigenvalue weighted by Crippen LogP contribution is 2.25. The van der Waals surface area contributed by atoms with Crippen LogP contribution in [0.15, 0.2) is 33.9 Å². The smallest absolute Gasteiger partial charge is 0.192 e. The van der Waals surface area contributed by atoms with Crippen LogP contribution in [0.1, 0.15) is 16.8 Å². The fourth-order valence-electron chi connectivity index (χ4n) is 1.58. The Balaban J connectivity index is 2.47. The minimum Gasteiger partial charge on any atom is -0.409 e. The van der Waals surface area contributed by atoms with Gasteiger partial charge in [-0.25, -0.2) is 0 Å². The van der Waals surface area contributed by atoms with E-state index in [-0.39, 0.29) is 5.84 Å². The first-order valence-electron chi connectivity index (χ1n) is 5.14. The van der Waals surface area contributed by atoms with Gasteiger partial charge in [0.15, 0.2) is 17.3 Å². The molecule has 5 nitrogen and oxygen atoms in total. The van der Waals surface area contributed by atoms with Crippen molar-refractivity contribution in [2.45, 2.75) is 13.8 Å². The zero-order chi connectivity index (χ0) is 12.4. The van der Waals surface area contributed by atoms with E-state index >= 15 is 0 Å². The van der Waals surface area contributed by atoms with Crippen molar-refractivity contribution in [2.24, 2.45) is 10.9 Å². The number of rotatable bonds is 2. The second-order valence-electron chi connectivity index (χ2n) is 3.88. The molecule has 0 spiro atoms. The van der Waals surface area contributed by atoms with Crippen molar-refractivity contribution in [3.8, 4) is 11.3 Å². The largest absolute Gasteiger partial charge is 0.409 e.